The van der Waals surface area contributed by atoms with E-state index >= 15 is 0 Å². The summed E-state index contributed by atoms with van der Waals surface area (Å²) in [4.78, 5) is 23.4. The maximum absolute atomic E-state index is 12.2. The minimum absolute atomic E-state index is 0.135. The first kappa shape index (κ1) is 16.1. The van der Waals surface area contributed by atoms with Gasteiger partial charge in [-0.05, 0) is 29.1 Å². The Kier molecular flexibility index (Phi) is 4.30. The smallest absolute Gasteiger partial charge is 0.310 e. The fourth-order valence-electron chi connectivity index (χ4n) is 2.66. The Labute approximate surface area is 142 Å². The highest BCUT2D eigenvalue weighted by Crippen LogP contribution is 2.37. The second-order valence-electron chi connectivity index (χ2n) is 5.34. The molecule has 1 aliphatic rings. The lowest BCUT2D eigenvalue weighted by Gasteiger charge is -2.21. The van der Waals surface area contributed by atoms with Crippen molar-refractivity contribution in [3.63, 3.8) is 0 Å². The lowest BCUT2D eigenvalue weighted by molar-refractivity contribution is -0.385. The molecule has 0 radical (unpaired) electrons. The normalized spacial score (nSPS) is 17.0. The number of nitro groups is 1. The molecule has 1 N–H and O–H groups in total. The molecule has 7 nitrogen and oxygen atoms in total. The SMILES string of the molecule is CCC(=O)N1N=C(c2cccs2)CC1c1ccc([N+](=O)[O-])c(O)c1. The summed E-state index contributed by atoms with van der Waals surface area (Å²) < 4.78 is 0. The first-order chi connectivity index (χ1) is 11.5. The van der Waals surface area contributed by atoms with Gasteiger partial charge in [-0.2, -0.15) is 5.10 Å². The third-order valence-corrected chi connectivity index (χ3v) is 4.77. The molecule has 0 spiro atoms. The number of amides is 1. The molecule has 0 saturated carbocycles. The Hall–Kier alpha value is -2.74. The molecule has 1 atom stereocenters. The summed E-state index contributed by atoms with van der Waals surface area (Å²) in [5, 5.41) is 28.5. The van der Waals surface area contributed by atoms with E-state index < -0.39 is 10.7 Å². The molecule has 0 fully saturated rings. The molecule has 2 heterocycles. The molecule has 0 saturated heterocycles. The number of benzene rings is 1. The molecule has 8 heteroatoms. The number of aromatic hydroxyl groups is 1. The van der Waals surface area contributed by atoms with Crippen molar-refractivity contribution in [2.75, 3.05) is 0 Å². The van der Waals surface area contributed by atoms with Crippen molar-refractivity contribution in [3.8, 4) is 5.75 Å². The van der Waals surface area contributed by atoms with Crippen molar-refractivity contribution in [1.29, 1.82) is 0 Å². The van der Waals surface area contributed by atoms with E-state index in [0.717, 1.165) is 10.6 Å². The third kappa shape index (κ3) is 2.88. The van der Waals surface area contributed by atoms with Crippen LogP contribution in [0.3, 0.4) is 0 Å². The summed E-state index contributed by atoms with van der Waals surface area (Å²) in [6.07, 6.45) is 0.806. The van der Waals surface area contributed by atoms with Crippen LogP contribution in [0, 0.1) is 10.1 Å². The van der Waals surface area contributed by atoms with Crippen molar-refractivity contribution in [1.82, 2.24) is 5.01 Å². The molecule has 1 amide bonds. The predicted molar refractivity (Wildman–Crippen MR) is 90.1 cm³/mol. The van der Waals surface area contributed by atoms with Gasteiger partial charge in [0.1, 0.15) is 0 Å². The van der Waals surface area contributed by atoms with Gasteiger partial charge < -0.3 is 5.11 Å². The number of rotatable bonds is 4. The zero-order valence-electron chi connectivity index (χ0n) is 12.9. The number of nitrogens with zero attached hydrogens (tertiary/aromatic N) is 3. The number of carbonyl (C=O) groups is 1. The van der Waals surface area contributed by atoms with Gasteiger partial charge in [0.05, 0.1) is 21.6 Å². The van der Waals surface area contributed by atoms with Crippen LogP contribution in [0.1, 0.15) is 36.2 Å². The van der Waals surface area contributed by atoms with Crippen LogP contribution in [0.15, 0.2) is 40.8 Å². The maximum Gasteiger partial charge on any atom is 0.310 e. The minimum atomic E-state index is -0.643. The first-order valence-electron chi connectivity index (χ1n) is 7.42. The van der Waals surface area contributed by atoms with E-state index in [9.17, 15) is 20.0 Å². The van der Waals surface area contributed by atoms with Gasteiger partial charge in [-0.15, -0.1) is 11.3 Å². The van der Waals surface area contributed by atoms with Crippen molar-refractivity contribution in [2.45, 2.75) is 25.8 Å². The van der Waals surface area contributed by atoms with Crippen LogP contribution in [0.2, 0.25) is 0 Å². The lowest BCUT2D eigenvalue weighted by Crippen LogP contribution is -2.26. The quantitative estimate of drug-likeness (QED) is 0.678. The van der Waals surface area contributed by atoms with E-state index in [-0.39, 0.29) is 17.6 Å². The van der Waals surface area contributed by atoms with Crippen LogP contribution >= 0.6 is 11.3 Å². The van der Waals surface area contributed by atoms with Crippen LogP contribution in [0.25, 0.3) is 0 Å². The summed E-state index contributed by atoms with van der Waals surface area (Å²) in [5.41, 5.74) is 1.06. The van der Waals surface area contributed by atoms with Gasteiger partial charge >= 0.3 is 5.69 Å². The lowest BCUT2D eigenvalue weighted by atomic mass is 10.00. The second kappa shape index (κ2) is 6.40. The van der Waals surface area contributed by atoms with Gasteiger partial charge in [0.2, 0.25) is 5.91 Å². The predicted octanol–water partition coefficient (Wildman–Crippen LogP) is 3.45. The van der Waals surface area contributed by atoms with Crippen molar-refractivity contribution in [3.05, 3.63) is 56.3 Å². The summed E-state index contributed by atoms with van der Waals surface area (Å²) in [5.74, 6) is -0.546. The highest BCUT2D eigenvalue weighted by Gasteiger charge is 2.33. The molecule has 24 heavy (non-hydrogen) atoms. The van der Waals surface area contributed by atoms with Crippen LogP contribution in [0.5, 0.6) is 5.75 Å². The molecule has 1 unspecified atom stereocenters. The first-order valence-corrected chi connectivity index (χ1v) is 8.30. The Morgan fingerprint density at radius 2 is 2.29 bits per heavy atom. The van der Waals surface area contributed by atoms with E-state index in [2.05, 4.69) is 5.10 Å². The molecular formula is C16H15N3O4S. The highest BCUT2D eigenvalue weighted by molar-refractivity contribution is 7.12. The molecule has 124 valence electrons. The van der Waals surface area contributed by atoms with E-state index in [4.69, 9.17) is 0 Å². The topological polar surface area (TPSA) is 96.0 Å². The van der Waals surface area contributed by atoms with Crippen LogP contribution in [-0.4, -0.2) is 26.7 Å². The Balaban J connectivity index is 1.96. The summed E-state index contributed by atoms with van der Waals surface area (Å²) in [6.45, 7) is 1.76. The standard InChI is InChI=1S/C16H15N3O4S/c1-2-16(21)18-13(9-11(17-18)15-4-3-7-24-15)10-5-6-12(19(22)23)14(20)8-10/h3-8,13,20H,2,9H2,1H3. The second-order valence-corrected chi connectivity index (χ2v) is 6.29. The van der Waals surface area contributed by atoms with Gasteiger partial charge in [0, 0.05) is 18.9 Å². The molecule has 0 bridgehead atoms. The molecular weight excluding hydrogens is 330 g/mol. The zero-order valence-corrected chi connectivity index (χ0v) is 13.7. The fraction of sp³-hybridized carbons (Fsp3) is 0.250. The Bertz CT molecular complexity index is 817. The highest BCUT2D eigenvalue weighted by atomic mass is 32.1. The van der Waals surface area contributed by atoms with Crippen molar-refractivity contribution < 1.29 is 14.8 Å². The number of phenols is 1. The summed E-state index contributed by atoms with van der Waals surface area (Å²) in [6, 6.07) is 7.63. The minimum Gasteiger partial charge on any atom is -0.502 e. The molecule has 1 aromatic heterocycles. The van der Waals surface area contributed by atoms with Gasteiger partial charge in [0.15, 0.2) is 5.75 Å². The van der Waals surface area contributed by atoms with Crippen molar-refractivity contribution >= 4 is 28.6 Å². The number of hydrazone groups is 1. The van der Waals surface area contributed by atoms with Crippen LogP contribution < -0.4 is 0 Å². The van der Waals surface area contributed by atoms with Gasteiger partial charge in [0.25, 0.3) is 0 Å². The van der Waals surface area contributed by atoms with E-state index in [1.165, 1.54) is 17.1 Å². The molecule has 3 rings (SSSR count). The van der Waals surface area contributed by atoms with Crippen LogP contribution in [-0.2, 0) is 4.79 Å². The molecule has 1 aliphatic heterocycles. The number of hydrogen-bond acceptors (Lipinski definition) is 6. The van der Waals surface area contributed by atoms with E-state index in [1.807, 2.05) is 17.5 Å². The molecule has 1 aromatic carbocycles. The van der Waals surface area contributed by atoms with Gasteiger partial charge in [-0.1, -0.05) is 13.0 Å². The summed E-state index contributed by atoms with van der Waals surface area (Å²) in [7, 11) is 0. The maximum atomic E-state index is 12.2. The largest absolute Gasteiger partial charge is 0.502 e. The Morgan fingerprint density at radius 3 is 2.88 bits per heavy atom. The third-order valence-electron chi connectivity index (χ3n) is 3.85. The number of hydrogen-bond donors (Lipinski definition) is 1. The number of nitro benzene ring substituents is 1. The average Bonchev–Trinajstić information content (AvgIpc) is 3.22. The van der Waals surface area contributed by atoms with E-state index in [0.29, 0.717) is 18.4 Å². The molecule has 2 aromatic rings. The Morgan fingerprint density at radius 1 is 1.50 bits per heavy atom. The monoisotopic (exact) mass is 345 g/mol. The van der Waals surface area contributed by atoms with E-state index in [1.54, 1.807) is 24.3 Å². The zero-order chi connectivity index (χ0) is 17.3. The number of thiophene rings is 1. The van der Waals surface area contributed by atoms with Gasteiger partial charge in [-0.25, -0.2) is 5.01 Å². The average molecular weight is 345 g/mol. The number of carbonyl (C=O) groups excluding carboxylic acids is 1. The van der Waals surface area contributed by atoms with Gasteiger partial charge in [-0.3, -0.25) is 14.9 Å². The number of phenolic OH excluding ortho intramolecular Hbond substituents is 1. The van der Waals surface area contributed by atoms with Crippen molar-refractivity contribution in [2.24, 2.45) is 5.10 Å². The fourth-order valence-corrected chi connectivity index (χ4v) is 3.38. The molecule has 0 aliphatic carbocycles. The van der Waals surface area contributed by atoms with Crippen LogP contribution in [0.4, 0.5) is 5.69 Å². The summed E-state index contributed by atoms with van der Waals surface area (Å²) >= 11 is 1.54.